The molecule has 6 heteroatoms. The Morgan fingerprint density at radius 2 is 0.470 bits per heavy atom. The van der Waals surface area contributed by atoms with Crippen LogP contribution in [0.15, 0.2) is 109 Å². The Morgan fingerprint density at radius 3 is 0.747 bits per heavy atom. The van der Waals surface area contributed by atoms with E-state index in [0.717, 1.165) is 128 Å². The van der Waals surface area contributed by atoms with Gasteiger partial charge >= 0.3 is 17.9 Å². The van der Waals surface area contributed by atoms with E-state index in [9.17, 15) is 14.4 Å². The zero-order valence-corrected chi connectivity index (χ0v) is 54.7. The lowest BCUT2D eigenvalue weighted by atomic mass is 10.0. The minimum atomic E-state index is -0.794. The highest BCUT2D eigenvalue weighted by Crippen LogP contribution is 2.17. The molecule has 1 unspecified atom stereocenters. The second-order valence-corrected chi connectivity index (χ2v) is 23.4. The first-order chi connectivity index (χ1) is 41.0. The number of hydrogen-bond acceptors (Lipinski definition) is 6. The second kappa shape index (κ2) is 70.6. The molecule has 83 heavy (non-hydrogen) atoms. The molecule has 6 nitrogen and oxygen atoms in total. The molecule has 0 saturated heterocycles. The van der Waals surface area contributed by atoms with E-state index in [2.05, 4.69) is 130 Å². The van der Waals surface area contributed by atoms with Gasteiger partial charge in [-0.1, -0.05) is 323 Å². The monoisotopic (exact) mass is 1150 g/mol. The number of carbonyl (C=O) groups excluding carboxylic acids is 3. The maximum atomic E-state index is 13.0. The standard InChI is InChI=1S/C77H132O6/c1-4-7-10-13-16-19-22-25-28-31-33-35-36-37-38-39-40-41-42-43-45-46-49-52-55-58-61-64-67-70-76(79)82-73-74(72-81-75(78)69-66-63-60-57-54-51-48-30-27-24-21-18-15-12-9-6-3)83-77(80)71-68-65-62-59-56-53-50-47-44-34-32-29-26-23-20-17-14-11-8-5-2/h7,10,16,19,25,28,30,33,35,37-38,40-41,43,45,48-49,52,74H,4-6,8-9,11-15,17-18,20-24,26-27,29,31-32,34,36,39,42,44,46-47,50-51,53-73H2,1-3H3/b10-7-,19-16-,28-25-,35-33-,38-37-,41-40-,45-43-,48-30-,52-49-. The van der Waals surface area contributed by atoms with E-state index in [4.69, 9.17) is 14.2 Å². The molecule has 1 atom stereocenters. The van der Waals surface area contributed by atoms with Crippen molar-refractivity contribution in [2.45, 2.75) is 348 Å². The third kappa shape index (κ3) is 68.7. The molecule has 0 aliphatic carbocycles. The van der Waals surface area contributed by atoms with Crippen LogP contribution in [0.3, 0.4) is 0 Å². The van der Waals surface area contributed by atoms with Crippen LogP contribution < -0.4 is 0 Å². The van der Waals surface area contributed by atoms with E-state index in [1.165, 1.54) is 173 Å². The highest BCUT2D eigenvalue weighted by Gasteiger charge is 2.19. The van der Waals surface area contributed by atoms with Gasteiger partial charge in [0.05, 0.1) is 0 Å². The zero-order chi connectivity index (χ0) is 59.9. The fourth-order valence-electron chi connectivity index (χ4n) is 9.99. The van der Waals surface area contributed by atoms with Crippen molar-refractivity contribution in [3.63, 3.8) is 0 Å². The number of esters is 3. The molecule has 0 aromatic rings. The number of hydrogen-bond donors (Lipinski definition) is 0. The molecule has 0 rings (SSSR count). The molecule has 0 spiro atoms. The number of allylic oxidation sites excluding steroid dienone is 18. The van der Waals surface area contributed by atoms with Gasteiger partial charge in [-0.25, -0.2) is 0 Å². The van der Waals surface area contributed by atoms with Crippen LogP contribution in [-0.4, -0.2) is 37.2 Å². The minimum Gasteiger partial charge on any atom is -0.462 e. The van der Waals surface area contributed by atoms with Crippen molar-refractivity contribution in [2.24, 2.45) is 0 Å². The highest BCUT2D eigenvalue weighted by molar-refractivity contribution is 5.71. The molecule has 0 aliphatic heterocycles. The van der Waals surface area contributed by atoms with Gasteiger partial charge in [0.2, 0.25) is 0 Å². The van der Waals surface area contributed by atoms with Crippen LogP contribution >= 0.6 is 0 Å². The molecule has 0 aromatic heterocycles. The Morgan fingerprint density at radius 1 is 0.253 bits per heavy atom. The van der Waals surface area contributed by atoms with Crippen molar-refractivity contribution in [3.8, 4) is 0 Å². The summed E-state index contributed by atoms with van der Waals surface area (Å²) < 4.78 is 17.0. The van der Waals surface area contributed by atoms with Crippen LogP contribution in [0.1, 0.15) is 342 Å². The van der Waals surface area contributed by atoms with E-state index in [-0.39, 0.29) is 31.1 Å². The highest BCUT2D eigenvalue weighted by atomic mass is 16.6. The van der Waals surface area contributed by atoms with E-state index in [1.54, 1.807) is 0 Å². The predicted octanol–water partition coefficient (Wildman–Crippen LogP) is 24.6. The number of unbranched alkanes of at least 4 members (excludes halogenated alkanes) is 35. The zero-order valence-electron chi connectivity index (χ0n) is 54.7. The van der Waals surface area contributed by atoms with Crippen LogP contribution in [0.2, 0.25) is 0 Å². The summed E-state index contributed by atoms with van der Waals surface area (Å²) in [4.78, 5) is 38.5. The molecule has 0 saturated carbocycles. The lowest BCUT2D eigenvalue weighted by Crippen LogP contribution is -2.30. The smallest absolute Gasteiger partial charge is 0.306 e. The van der Waals surface area contributed by atoms with Crippen LogP contribution in [0, 0.1) is 0 Å². The van der Waals surface area contributed by atoms with Crippen molar-refractivity contribution >= 4 is 17.9 Å². The summed E-state index contributed by atoms with van der Waals surface area (Å²) in [6, 6.07) is 0. The predicted molar refractivity (Wildman–Crippen MR) is 362 cm³/mol. The third-order valence-electron chi connectivity index (χ3n) is 15.3. The SMILES string of the molecule is CC/C=C\C/C=C\C/C=C\C/C=C\C/C=C\C/C=C\C/C=C\C/C=C\CCCCCCC(=O)OCC(COC(=O)CCCCCCC/C=C\CCCCCCCCC)OC(=O)CCCCCCCCCCCCCCCCCCCCCC. The fraction of sp³-hybridized carbons (Fsp3) is 0.727. The molecule has 476 valence electrons. The van der Waals surface area contributed by atoms with Gasteiger partial charge in [0.15, 0.2) is 6.10 Å². The Balaban J connectivity index is 4.40. The van der Waals surface area contributed by atoms with Crippen molar-refractivity contribution in [1.29, 1.82) is 0 Å². The molecule has 0 radical (unpaired) electrons. The molecular formula is C77H132O6. The fourth-order valence-corrected chi connectivity index (χ4v) is 9.99. The lowest BCUT2D eigenvalue weighted by Gasteiger charge is -2.18. The molecule has 0 aromatic carbocycles. The number of ether oxygens (including phenoxy) is 3. The summed E-state index contributed by atoms with van der Waals surface area (Å²) in [5.74, 6) is -0.906. The Kier molecular flexibility index (Phi) is 67.2. The molecule has 0 heterocycles. The molecule has 0 fully saturated rings. The summed E-state index contributed by atoms with van der Waals surface area (Å²) in [5.41, 5.74) is 0. The number of carbonyl (C=O) groups is 3. The Labute approximate surface area is 514 Å². The van der Waals surface area contributed by atoms with Gasteiger partial charge in [0, 0.05) is 19.3 Å². The first-order valence-corrected chi connectivity index (χ1v) is 35.4. The maximum Gasteiger partial charge on any atom is 0.306 e. The van der Waals surface area contributed by atoms with Gasteiger partial charge < -0.3 is 14.2 Å². The molecule has 0 aliphatic rings. The third-order valence-corrected chi connectivity index (χ3v) is 15.3. The Bertz CT molecular complexity index is 1660. The lowest BCUT2D eigenvalue weighted by molar-refractivity contribution is -0.167. The van der Waals surface area contributed by atoms with Crippen molar-refractivity contribution in [3.05, 3.63) is 109 Å². The average Bonchev–Trinajstić information content (AvgIpc) is 3.50. The maximum absolute atomic E-state index is 13.0. The van der Waals surface area contributed by atoms with Gasteiger partial charge in [-0.3, -0.25) is 14.4 Å². The average molecular weight is 1150 g/mol. The Hall–Kier alpha value is -3.93. The van der Waals surface area contributed by atoms with Gasteiger partial charge in [0.25, 0.3) is 0 Å². The summed E-state index contributed by atoms with van der Waals surface area (Å²) in [7, 11) is 0. The number of rotatable bonds is 64. The summed E-state index contributed by atoms with van der Waals surface area (Å²) in [6.07, 6.45) is 96.8. The molecular weight excluding hydrogens is 1020 g/mol. The van der Waals surface area contributed by atoms with E-state index >= 15 is 0 Å². The van der Waals surface area contributed by atoms with Crippen molar-refractivity contribution in [2.75, 3.05) is 13.2 Å². The van der Waals surface area contributed by atoms with Crippen LogP contribution in [0.4, 0.5) is 0 Å². The molecule has 0 N–H and O–H groups in total. The van der Waals surface area contributed by atoms with Crippen LogP contribution in [0.5, 0.6) is 0 Å². The largest absolute Gasteiger partial charge is 0.462 e. The summed E-state index contributed by atoms with van der Waals surface area (Å²) in [5, 5.41) is 0. The van der Waals surface area contributed by atoms with Crippen LogP contribution in [0.25, 0.3) is 0 Å². The quantitative estimate of drug-likeness (QED) is 0.0261. The van der Waals surface area contributed by atoms with Gasteiger partial charge in [-0.2, -0.15) is 0 Å². The second-order valence-electron chi connectivity index (χ2n) is 23.4. The molecule has 0 bridgehead atoms. The summed E-state index contributed by atoms with van der Waals surface area (Å²) in [6.45, 7) is 6.54. The normalized spacial score (nSPS) is 12.8. The van der Waals surface area contributed by atoms with E-state index in [0.29, 0.717) is 19.3 Å². The van der Waals surface area contributed by atoms with E-state index in [1.807, 2.05) is 0 Å². The van der Waals surface area contributed by atoms with Crippen molar-refractivity contribution in [1.82, 2.24) is 0 Å². The topological polar surface area (TPSA) is 78.9 Å². The van der Waals surface area contributed by atoms with Gasteiger partial charge in [0.1, 0.15) is 13.2 Å². The summed E-state index contributed by atoms with van der Waals surface area (Å²) >= 11 is 0. The first-order valence-electron chi connectivity index (χ1n) is 35.4. The van der Waals surface area contributed by atoms with Gasteiger partial charge in [-0.05, 0) is 109 Å². The van der Waals surface area contributed by atoms with Gasteiger partial charge in [-0.15, -0.1) is 0 Å². The van der Waals surface area contributed by atoms with E-state index < -0.39 is 6.10 Å². The van der Waals surface area contributed by atoms with Crippen LogP contribution in [-0.2, 0) is 28.6 Å². The first kappa shape index (κ1) is 79.1. The minimum absolute atomic E-state index is 0.0882. The van der Waals surface area contributed by atoms with Crippen molar-refractivity contribution < 1.29 is 28.6 Å². The molecule has 0 amide bonds.